The number of piperidine rings is 1. The molecule has 3 aromatic carbocycles. The van der Waals surface area contributed by atoms with Crippen LogP contribution < -0.4 is 16.0 Å². The summed E-state index contributed by atoms with van der Waals surface area (Å²) in [5, 5.41) is 10.3. The summed E-state index contributed by atoms with van der Waals surface area (Å²) >= 11 is 0. The standard InChI is InChI=1S/C50H61N7O5/c1-48(2,3)62-45(59)40(21-13-14-28-51-43(58)23-22-34-15-7-6-8-16-34)54-46(60)49(4,5)42-33-53-44(56-42)41(31-36-32-52-39-20-12-10-18-37(36)39)55-47(61)57-29-26-50(27-30-57)25-24-35-17-9-11-19-38(35)50/h6-12,15-20,24-25,32-33,40-41,52H,13-14,21-23,26-31H2,1-5H3,(H,51,58)(H,53,56)(H,54,60)(H,55,61). The van der Waals surface area contributed by atoms with Crippen molar-refractivity contribution in [3.8, 4) is 0 Å². The number of para-hydroxylation sites is 1. The quantitative estimate of drug-likeness (QED) is 0.0501. The number of H-pyrrole nitrogens is 2. The molecule has 0 bridgehead atoms. The van der Waals surface area contributed by atoms with Gasteiger partial charge >= 0.3 is 12.0 Å². The van der Waals surface area contributed by atoms with Crippen molar-refractivity contribution in [3.63, 3.8) is 0 Å². The van der Waals surface area contributed by atoms with Crippen LogP contribution in [0.4, 0.5) is 4.79 Å². The molecule has 4 amide bonds. The average molecular weight is 840 g/mol. The maximum atomic E-state index is 14.2. The molecule has 2 aromatic heterocycles. The largest absolute Gasteiger partial charge is 0.458 e. The molecule has 2 atom stereocenters. The average Bonchev–Trinajstić information content (AvgIpc) is 4.01. The number of ether oxygens (including phenoxy) is 1. The van der Waals surface area contributed by atoms with Crippen molar-refractivity contribution in [2.45, 2.75) is 114 Å². The van der Waals surface area contributed by atoms with Crippen LogP contribution in [0.2, 0.25) is 0 Å². The van der Waals surface area contributed by atoms with E-state index in [-0.39, 0.29) is 23.3 Å². The number of urea groups is 1. The first kappa shape index (κ1) is 43.9. The first-order valence-electron chi connectivity index (χ1n) is 22.0. The van der Waals surface area contributed by atoms with E-state index in [0.29, 0.717) is 69.7 Å². The maximum absolute atomic E-state index is 14.2. The predicted molar refractivity (Wildman–Crippen MR) is 242 cm³/mol. The molecule has 1 aliphatic carbocycles. The maximum Gasteiger partial charge on any atom is 0.329 e. The number of esters is 1. The van der Waals surface area contributed by atoms with E-state index in [4.69, 9.17) is 9.72 Å². The zero-order chi connectivity index (χ0) is 43.9. The van der Waals surface area contributed by atoms with Crippen molar-refractivity contribution >= 4 is 40.8 Å². The Morgan fingerprint density at radius 1 is 0.887 bits per heavy atom. The number of benzene rings is 3. The first-order valence-corrected chi connectivity index (χ1v) is 22.0. The summed E-state index contributed by atoms with van der Waals surface area (Å²) in [7, 11) is 0. The Labute approximate surface area is 364 Å². The number of aryl methyl sites for hydroxylation is 1. The van der Waals surface area contributed by atoms with Gasteiger partial charge in [0.2, 0.25) is 11.8 Å². The number of aromatic amines is 2. The Bertz CT molecular complexity index is 2380. The molecule has 5 aromatic rings. The van der Waals surface area contributed by atoms with Crippen LogP contribution >= 0.6 is 0 Å². The zero-order valence-corrected chi connectivity index (χ0v) is 36.7. The Kier molecular flexibility index (Phi) is 13.3. The highest BCUT2D eigenvalue weighted by Gasteiger charge is 2.40. The van der Waals surface area contributed by atoms with Gasteiger partial charge in [-0.1, -0.05) is 84.9 Å². The van der Waals surface area contributed by atoms with Gasteiger partial charge in [0, 0.05) is 66.9 Å². The number of hydrogen-bond acceptors (Lipinski definition) is 6. The minimum absolute atomic E-state index is 0.0253. The lowest BCUT2D eigenvalue weighted by molar-refractivity contribution is -0.159. The van der Waals surface area contributed by atoms with Crippen molar-refractivity contribution in [2.24, 2.45) is 0 Å². The SMILES string of the molecule is CC(C)(C)OC(=O)C(CCCCNC(=O)CCc1ccccc1)NC(=O)C(C)(C)c1cnc(C(Cc2c[nH]c3ccccc23)NC(=O)N2CCC3(C=Cc4ccccc43)CC2)[nH]1. The molecule has 12 nitrogen and oxygen atoms in total. The zero-order valence-electron chi connectivity index (χ0n) is 36.7. The van der Waals surface area contributed by atoms with Crippen LogP contribution in [0, 0.1) is 0 Å². The highest BCUT2D eigenvalue weighted by atomic mass is 16.6. The second-order valence-electron chi connectivity index (χ2n) is 18.3. The van der Waals surface area contributed by atoms with Gasteiger partial charge in [-0.15, -0.1) is 0 Å². The number of carbonyl (C=O) groups excluding carboxylic acids is 4. The number of amides is 4. The number of likely N-dealkylation sites (tertiary alicyclic amines) is 1. The molecule has 1 spiro atoms. The molecule has 3 heterocycles. The Morgan fingerprint density at radius 3 is 2.39 bits per heavy atom. The van der Waals surface area contributed by atoms with Gasteiger partial charge in [0.25, 0.3) is 0 Å². The molecule has 0 saturated carbocycles. The van der Waals surface area contributed by atoms with E-state index in [1.165, 1.54) is 11.1 Å². The van der Waals surface area contributed by atoms with Crippen LogP contribution in [-0.2, 0) is 42.8 Å². The number of hydrogen-bond donors (Lipinski definition) is 5. The summed E-state index contributed by atoms with van der Waals surface area (Å²) in [6, 6.07) is 24.9. The molecular weight excluding hydrogens is 779 g/mol. The van der Waals surface area contributed by atoms with Crippen LogP contribution in [0.1, 0.15) is 113 Å². The van der Waals surface area contributed by atoms with Crippen molar-refractivity contribution in [1.82, 2.24) is 35.8 Å². The Hall–Kier alpha value is -6.17. The van der Waals surface area contributed by atoms with Crippen LogP contribution in [0.5, 0.6) is 0 Å². The second kappa shape index (κ2) is 18.8. The van der Waals surface area contributed by atoms with Gasteiger partial charge in [-0.3, -0.25) is 9.59 Å². The van der Waals surface area contributed by atoms with Gasteiger partial charge in [-0.2, -0.15) is 0 Å². The molecule has 2 unspecified atom stereocenters. The van der Waals surface area contributed by atoms with E-state index in [1.807, 2.05) is 59.6 Å². The third-order valence-electron chi connectivity index (χ3n) is 12.3. The van der Waals surface area contributed by atoms with Gasteiger partial charge in [-0.05, 0) is 101 Å². The highest BCUT2D eigenvalue weighted by molar-refractivity contribution is 5.91. The molecule has 5 N–H and O–H groups in total. The lowest BCUT2D eigenvalue weighted by Gasteiger charge is -2.39. The number of unbranched alkanes of at least 4 members (excludes halogenated alkanes) is 1. The van der Waals surface area contributed by atoms with Crippen molar-refractivity contribution in [2.75, 3.05) is 19.6 Å². The molecular formula is C50H61N7O5. The molecule has 1 saturated heterocycles. The fourth-order valence-electron chi connectivity index (χ4n) is 8.56. The number of imidazole rings is 1. The number of nitrogens with zero attached hydrogens (tertiary/aromatic N) is 2. The van der Waals surface area contributed by atoms with Gasteiger partial charge in [0.05, 0.1) is 11.5 Å². The van der Waals surface area contributed by atoms with Crippen molar-refractivity contribution in [3.05, 3.63) is 131 Å². The van der Waals surface area contributed by atoms with E-state index >= 15 is 0 Å². The predicted octanol–water partition coefficient (Wildman–Crippen LogP) is 7.97. The lowest BCUT2D eigenvalue weighted by Crippen LogP contribution is -2.50. The number of fused-ring (bicyclic) bond motifs is 3. The van der Waals surface area contributed by atoms with E-state index in [9.17, 15) is 19.2 Å². The van der Waals surface area contributed by atoms with E-state index < -0.39 is 29.1 Å². The normalized spacial score (nSPS) is 15.5. The van der Waals surface area contributed by atoms with Crippen LogP contribution in [0.3, 0.4) is 0 Å². The third-order valence-corrected chi connectivity index (χ3v) is 12.3. The van der Waals surface area contributed by atoms with Gasteiger partial charge in [-0.25, -0.2) is 14.6 Å². The molecule has 1 fully saturated rings. The molecule has 0 radical (unpaired) electrons. The monoisotopic (exact) mass is 839 g/mol. The van der Waals surface area contributed by atoms with Gasteiger partial charge in [0.15, 0.2) is 0 Å². The molecule has 1 aliphatic heterocycles. The number of rotatable bonds is 16. The molecule has 2 aliphatic rings. The fraction of sp³-hybridized carbons (Fsp3) is 0.420. The van der Waals surface area contributed by atoms with Crippen molar-refractivity contribution < 1.29 is 23.9 Å². The summed E-state index contributed by atoms with van der Waals surface area (Å²) in [5.41, 5.74) is 4.32. The van der Waals surface area contributed by atoms with E-state index in [2.05, 4.69) is 68.4 Å². The summed E-state index contributed by atoms with van der Waals surface area (Å²) in [5.74, 6) is -0.394. The van der Waals surface area contributed by atoms with Gasteiger partial charge in [0.1, 0.15) is 17.5 Å². The van der Waals surface area contributed by atoms with Crippen molar-refractivity contribution in [1.29, 1.82) is 0 Å². The van der Waals surface area contributed by atoms with Crippen LogP contribution in [-0.4, -0.2) is 74.9 Å². The molecule has 7 rings (SSSR count). The Morgan fingerprint density at radius 2 is 1.61 bits per heavy atom. The minimum atomic E-state index is -1.14. The van der Waals surface area contributed by atoms with Crippen LogP contribution in [0.25, 0.3) is 17.0 Å². The summed E-state index contributed by atoms with van der Waals surface area (Å²) in [6.45, 7) is 10.6. The topological polar surface area (TPSA) is 161 Å². The fourth-order valence-corrected chi connectivity index (χ4v) is 8.56. The number of nitrogens with one attached hydrogen (secondary N) is 5. The number of allylic oxidation sites excluding steroid dienone is 1. The molecule has 326 valence electrons. The number of carbonyl (C=O) groups is 4. The minimum Gasteiger partial charge on any atom is -0.458 e. The van der Waals surface area contributed by atoms with Crippen LogP contribution in [0.15, 0.2) is 97.3 Å². The Balaban J connectivity index is 1.01. The summed E-state index contributed by atoms with van der Waals surface area (Å²) in [4.78, 5) is 67.6. The summed E-state index contributed by atoms with van der Waals surface area (Å²) in [6.07, 6.45) is 12.9. The highest BCUT2D eigenvalue weighted by Crippen LogP contribution is 2.43. The van der Waals surface area contributed by atoms with E-state index in [1.54, 1.807) is 40.8 Å². The lowest BCUT2D eigenvalue weighted by atomic mass is 9.74. The second-order valence-corrected chi connectivity index (χ2v) is 18.3. The number of aromatic nitrogens is 3. The molecule has 62 heavy (non-hydrogen) atoms. The first-order chi connectivity index (χ1) is 29.7. The van der Waals surface area contributed by atoms with Gasteiger partial charge < -0.3 is 35.6 Å². The van der Waals surface area contributed by atoms with E-state index in [0.717, 1.165) is 34.9 Å². The molecule has 12 heteroatoms. The smallest absolute Gasteiger partial charge is 0.329 e. The summed E-state index contributed by atoms with van der Waals surface area (Å²) < 4.78 is 5.74. The third kappa shape index (κ3) is 10.5.